The largest absolute Gasteiger partial charge is 0.481 e. The minimum absolute atomic E-state index is 0.201. The summed E-state index contributed by atoms with van der Waals surface area (Å²) in [6.45, 7) is 5.96. The molecule has 0 radical (unpaired) electrons. The van der Waals surface area contributed by atoms with Crippen LogP contribution < -0.4 is 5.32 Å². The Labute approximate surface area is 170 Å². The predicted molar refractivity (Wildman–Crippen MR) is 113 cm³/mol. The highest BCUT2D eigenvalue weighted by Crippen LogP contribution is 2.25. The van der Waals surface area contributed by atoms with E-state index in [9.17, 15) is 14.7 Å². The molecule has 3 rings (SSSR count). The summed E-state index contributed by atoms with van der Waals surface area (Å²) >= 11 is 0. The molecule has 0 saturated heterocycles. The van der Waals surface area contributed by atoms with Crippen molar-refractivity contribution in [3.8, 4) is 11.3 Å². The van der Waals surface area contributed by atoms with Crippen LogP contribution in [-0.2, 0) is 4.79 Å². The van der Waals surface area contributed by atoms with Crippen LogP contribution in [-0.4, -0.2) is 22.0 Å². The molecule has 0 bridgehead atoms. The van der Waals surface area contributed by atoms with Crippen molar-refractivity contribution < 1.29 is 14.7 Å². The minimum atomic E-state index is -0.976. The van der Waals surface area contributed by atoms with E-state index in [1.165, 1.54) is 0 Å². The van der Waals surface area contributed by atoms with Crippen LogP contribution in [0.1, 0.15) is 45.2 Å². The first-order valence-electron chi connectivity index (χ1n) is 9.48. The molecule has 0 saturated carbocycles. The van der Waals surface area contributed by atoms with Crippen LogP contribution in [0.3, 0.4) is 0 Å². The van der Waals surface area contributed by atoms with Crippen LogP contribution in [0.25, 0.3) is 11.3 Å². The fourth-order valence-corrected chi connectivity index (χ4v) is 3.36. The number of nitrogens with one attached hydrogen (secondary N) is 1. The lowest BCUT2D eigenvalue weighted by Crippen LogP contribution is -2.31. The number of nitrogens with zero attached hydrogens (tertiary/aromatic N) is 1. The summed E-state index contributed by atoms with van der Waals surface area (Å²) in [4.78, 5) is 28.8. The monoisotopic (exact) mass is 388 g/mol. The van der Waals surface area contributed by atoms with Gasteiger partial charge in [0, 0.05) is 5.56 Å². The standard InChI is InChI=1S/C24H24N2O3/c1-15-9-6-11-19(17(15)3)20-12-7-13-21(25-20)24(29)26-22(14-23(27)28)18-10-5-4-8-16(18)2/h4-13,22H,14H2,1-3H3,(H,26,29)(H,27,28)/t22-/m0/s1. The molecule has 29 heavy (non-hydrogen) atoms. The molecule has 1 amide bonds. The number of benzene rings is 2. The molecule has 0 aliphatic carbocycles. The topological polar surface area (TPSA) is 79.3 Å². The molecular formula is C24H24N2O3. The number of carbonyl (C=O) groups is 2. The van der Waals surface area contributed by atoms with Crippen LogP contribution in [0.4, 0.5) is 0 Å². The van der Waals surface area contributed by atoms with E-state index < -0.39 is 17.9 Å². The van der Waals surface area contributed by atoms with Gasteiger partial charge in [0.1, 0.15) is 5.69 Å². The number of rotatable bonds is 6. The van der Waals surface area contributed by atoms with Gasteiger partial charge < -0.3 is 10.4 Å². The molecule has 2 aromatic carbocycles. The summed E-state index contributed by atoms with van der Waals surface area (Å²) in [6.07, 6.45) is -0.201. The highest BCUT2D eigenvalue weighted by molar-refractivity contribution is 5.93. The van der Waals surface area contributed by atoms with Crippen molar-refractivity contribution >= 4 is 11.9 Å². The van der Waals surface area contributed by atoms with Crippen LogP contribution >= 0.6 is 0 Å². The molecule has 0 unspecified atom stereocenters. The van der Waals surface area contributed by atoms with Crippen LogP contribution in [0.5, 0.6) is 0 Å². The van der Waals surface area contributed by atoms with E-state index in [4.69, 9.17) is 0 Å². The van der Waals surface area contributed by atoms with Crippen molar-refractivity contribution in [1.29, 1.82) is 0 Å². The Morgan fingerprint density at radius 1 is 0.931 bits per heavy atom. The number of carbonyl (C=O) groups excluding carboxylic acids is 1. The molecule has 0 aliphatic rings. The summed E-state index contributed by atoms with van der Waals surface area (Å²) in [5.74, 6) is -1.37. The molecule has 5 heteroatoms. The molecule has 2 N–H and O–H groups in total. The summed E-state index contributed by atoms with van der Waals surface area (Å²) in [5, 5.41) is 12.1. The van der Waals surface area contributed by atoms with E-state index in [2.05, 4.69) is 10.3 Å². The first-order valence-corrected chi connectivity index (χ1v) is 9.48. The van der Waals surface area contributed by atoms with E-state index >= 15 is 0 Å². The summed E-state index contributed by atoms with van der Waals surface area (Å²) in [7, 11) is 0. The Bertz CT molecular complexity index is 1060. The number of pyridine rings is 1. The molecule has 1 heterocycles. The first-order chi connectivity index (χ1) is 13.9. The van der Waals surface area contributed by atoms with Crippen LogP contribution in [0.15, 0.2) is 60.7 Å². The maximum absolute atomic E-state index is 12.9. The number of carboxylic acids is 1. The third-order valence-corrected chi connectivity index (χ3v) is 5.11. The Hall–Kier alpha value is -3.47. The van der Waals surface area contributed by atoms with Gasteiger partial charge >= 0.3 is 5.97 Å². The zero-order valence-corrected chi connectivity index (χ0v) is 16.8. The number of hydrogen-bond acceptors (Lipinski definition) is 3. The molecule has 1 atom stereocenters. The van der Waals surface area contributed by atoms with Crippen LogP contribution in [0, 0.1) is 20.8 Å². The second kappa shape index (κ2) is 8.69. The van der Waals surface area contributed by atoms with Gasteiger partial charge in [-0.05, 0) is 55.2 Å². The van der Waals surface area contributed by atoms with Crippen molar-refractivity contribution in [2.45, 2.75) is 33.2 Å². The number of carboxylic acid groups (broad SMARTS) is 1. The fourth-order valence-electron chi connectivity index (χ4n) is 3.36. The average molecular weight is 388 g/mol. The zero-order valence-electron chi connectivity index (χ0n) is 16.8. The van der Waals surface area contributed by atoms with Gasteiger partial charge in [-0.25, -0.2) is 4.98 Å². The Morgan fingerprint density at radius 2 is 1.62 bits per heavy atom. The smallest absolute Gasteiger partial charge is 0.305 e. The van der Waals surface area contributed by atoms with E-state index in [1.807, 2.05) is 69.3 Å². The van der Waals surface area contributed by atoms with Crippen molar-refractivity contribution in [2.24, 2.45) is 0 Å². The predicted octanol–water partition coefficient (Wildman–Crippen LogP) is 4.62. The highest BCUT2D eigenvalue weighted by Gasteiger charge is 2.21. The number of aryl methyl sites for hydroxylation is 2. The maximum atomic E-state index is 12.9. The third-order valence-electron chi connectivity index (χ3n) is 5.11. The van der Waals surface area contributed by atoms with Gasteiger partial charge in [-0.2, -0.15) is 0 Å². The lowest BCUT2D eigenvalue weighted by atomic mass is 9.98. The van der Waals surface area contributed by atoms with E-state index in [0.29, 0.717) is 5.69 Å². The van der Waals surface area contributed by atoms with E-state index in [1.54, 1.807) is 12.1 Å². The van der Waals surface area contributed by atoms with Gasteiger partial charge in [0.25, 0.3) is 5.91 Å². The molecule has 0 fully saturated rings. The SMILES string of the molecule is Cc1ccccc1[C@H](CC(=O)O)NC(=O)c1cccc(-c2cccc(C)c2C)n1. The second-order valence-corrected chi connectivity index (χ2v) is 7.14. The molecule has 1 aromatic heterocycles. The number of amides is 1. The number of hydrogen-bond donors (Lipinski definition) is 2. The lowest BCUT2D eigenvalue weighted by molar-refractivity contribution is -0.137. The van der Waals surface area contributed by atoms with Crippen molar-refractivity contribution in [2.75, 3.05) is 0 Å². The molecular weight excluding hydrogens is 364 g/mol. The highest BCUT2D eigenvalue weighted by atomic mass is 16.4. The van der Waals surface area contributed by atoms with Gasteiger partial charge in [-0.3, -0.25) is 9.59 Å². The van der Waals surface area contributed by atoms with E-state index in [-0.39, 0.29) is 12.1 Å². The summed E-state index contributed by atoms with van der Waals surface area (Å²) in [6, 6.07) is 18.1. The quantitative estimate of drug-likeness (QED) is 0.646. The maximum Gasteiger partial charge on any atom is 0.305 e. The summed E-state index contributed by atoms with van der Waals surface area (Å²) in [5.41, 5.74) is 5.92. The average Bonchev–Trinajstić information content (AvgIpc) is 2.69. The number of aliphatic carboxylic acids is 1. The van der Waals surface area contributed by atoms with E-state index in [0.717, 1.165) is 27.8 Å². The van der Waals surface area contributed by atoms with Crippen molar-refractivity contribution in [1.82, 2.24) is 10.3 Å². The Morgan fingerprint density at radius 3 is 2.34 bits per heavy atom. The van der Waals surface area contributed by atoms with Crippen LogP contribution in [0.2, 0.25) is 0 Å². The number of aromatic nitrogens is 1. The molecule has 5 nitrogen and oxygen atoms in total. The molecule has 148 valence electrons. The van der Waals surface area contributed by atoms with Gasteiger partial charge in [0.05, 0.1) is 18.2 Å². The molecule has 0 aliphatic heterocycles. The Balaban J connectivity index is 1.90. The van der Waals surface area contributed by atoms with Gasteiger partial charge in [0.2, 0.25) is 0 Å². The normalized spacial score (nSPS) is 11.7. The van der Waals surface area contributed by atoms with Gasteiger partial charge in [0.15, 0.2) is 0 Å². The molecule has 3 aromatic rings. The lowest BCUT2D eigenvalue weighted by Gasteiger charge is -2.19. The van der Waals surface area contributed by atoms with Gasteiger partial charge in [-0.15, -0.1) is 0 Å². The minimum Gasteiger partial charge on any atom is -0.481 e. The Kier molecular flexibility index (Phi) is 6.07. The third kappa shape index (κ3) is 4.69. The first kappa shape index (κ1) is 20.3. The summed E-state index contributed by atoms with van der Waals surface area (Å²) < 4.78 is 0. The van der Waals surface area contributed by atoms with Crippen molar-refractivity contribution in [3.05, 3.63) is 88.6 Å². The second-order valence-electron chi connectivity index (χ2n) is 7.14. The van der Waals surface area contributed by atoms with Crippen molar-refractivity contribution in [3.63, 3.8) is 0 Å². The molecule has 0 spiro atoms. The van der Waals surface area contributed by atoms with Gasteiger partial charge in [-0.1, -0.05) is 48.5 Å². The fraction of sp³-hybridized carbons (Fsp3) is 0.208. The zero-order chi connectivity index (χ0) is 21.0.